The molecule has 88 valence electrons. The van der Waals surface area contributed by atoms with Crippen LogP contribution < -0.4 is 0 Å². The maximum absolute atomic E-state index is 11.6. The highest BCUT2D eigenvalue weighted by atomic mass is 79.9. The molecular weight excluding hydrogens is 340 g/mol. The average Bonchev–Trinajstić information content (AvgIpc) is 2.25. The molecule has 3 nitrogen and oxygen atoms in total. The lowest BCUT2D eigenvalue weighted by Crippen LogP contribution is -2.06. The third-order valence-corrected chi connectivity index (χ3v) is 3.19. The summed E-state index contributed by atoms with van der Waals surface area (Å²) in [5.41, 5.74) is 0.410. The molecule has 0 amide bonds. The van der Waals surface area contributed by atoms with Crippen LogP contribution in [0.5, 0.6) is 5.75 Å². The zero-order valence-corrected chi connectivity index (χ0v) is 12.0. The number of carbonyl (C=O) groups excluding carboxylic acids is 1. The summed E-state index contributed by atoms with van der Waals surface area (Å²) in [4.78, 5) is 11.6. The zero-order valence-electron chi connectivity index (χ0n) is 8.80. The fourth-order valence-corrected chi connectivity index (χ4v) is 2.26. The molecule has 16 heavy (non-hydrogen) atoms. The molecule has 0 aliphatic heterocycles. The van der Waals surface area contributed by atoms with Gasteiger partial charge in [-0.3, -0.25) is 0 Å². The van der Waals surface area contributed by atoms with Crippen molar-refractivity contribution < 1.29 is 14.6 Å². The van der Waals surface area contributed by atoms with Gasteiger partial charge >= 0.3 is 5.97 Å². The monoisotopic (exact) mass is 350 g/mol. The Labute approximate surface area is 111 Å². The summed E-state index contributed by atoms with van der Waals surface area (Å²) in [6.07, 6.45) is 1.84. The third-order valence-electron chi connectivity index (χ3n) is 1.98. The molecule has 1 aromatic rings. The van der Waals surface area contributed by atoms with Gasteiger partial charge in [0.05, 0.1) is 21.1 Å². The SMILES string of the molecule is CCCCOC(=O)c1cc(Br)c(O)c(Br)c1. The van der Waals surface area contributed by atoms with Crippen molar-refractivity contribution in [1.82, 2.24) is 0 Å². The summed E-state index contributed by atoms with van der Waals surface area (Å²) in [6.45, 7) is 2.45. The molecule has 0 saturated heterocycles. The Morgan fingerprint density at radius 2 is 1.94 bits per heavy atom. The van der Waals surface area contributed by atoms with Crippen molar-refractivity contribution in [2.24, 2.45) is 0 Å². The van der Waals surface area contributed by atoms with Crippen LogP contribution in [0.2, 0.25) is 0 Å². The number of carbonyl (C=O) groups is 1. The van der Waals surface area contributed by atoms with Gasteiger partial charge in [-0.2, -0.15) is 0 Å². The molecule has 0 spiro atoms. The molecule has 1 aromatic carbocycles. The normalized spacial score (nSPS) is 10.2. The Kier molecular flexibility index (Phi) is 5.28. The summed E-state index contributed by atoms with van der Waals surface area (Å²) in [6, 6.07) is 3.07. The van der Waals surface area contributed by atoms with Crippen LogP contribution in [0.25, 0.3) is 0 Å². The summed E-state index contributed by atoms with van der Waals surface area (Å²) < 4.78 is 5.98. The van der Waals surface area contributed by atoms with E-state index in [4.69, 9.17) is 4.74 Å². The van der Waals surface area contributed by atoms with Crippen LogP contribution >= 0.6 is 31.9 Å². The van der Waals surface area contributed by atoms with E-state index in [1.54, 1.807) is 0 Å². The highest BCUT2D eigenvalue weighted by Gasteiger charge is 2.12. The Hall–Kier alpha value is -0.550. The van der Waals surface area contributed by atoms with Gasteiger partial charge in [-0.25, -0.2) is 4.79 Å². The van der Waals surface area contributed by atoms with E-state index in [2.05, 4.69) is 31.9 Å². The molecule has 0 heterocycles. The Morgan fingerprint density at radius 1 is 1.38 bits per heavy atom. The van der Waals surface area contributed by atoms with Crippen molar-refractivity contribution in [2.75, 3.05) is 6.61 Å². The largest absolute Gasteiger partial charge is 0.506 e. The summed E-state index contributed by atoms with van der Waals surface area (Å²) in [5.74, 6) is -0.306. The van der Waals surface area contributed by atoms with Crippen molar-refractivity contribution in [3.63, 3.8) is 0 Å². The molecule has 0 aromatic heterocycles. The zero-order chi connectivity index (χ0) is 12.1. The van der Waals surface area contributed by atoms with Crippen LogP contribution in [0, 0.1) is 0 Å². The molecule has 1 N–H and O–H groups in total. The molecule has 0 aliphatic rings. The second-order valence-electron chi connectivity index (χ2n) is 3.28. The van der Waals surface area contributed by atoms with Crippen LogP contribution in [-0.4, -0.2) is 17.7 Å². The smallest absolute Gasteiger partial charge is 0.338 e. The number of rotatable bonds is 4. The fourth-order valence-electron chi connectivity index (χ4n) is 1.08. The summed E-state index contributed by atoms with van der Waals surface area (Å²) in [7, 11) is 0. The van der Waals surface area contributed by atoms with Crippen LogP contribution in [0.4, 0.5) is 0 Å². The average molecular weight is 352 g/mol. The van der Waals surface area contributed by atoms with Gasteiger partial charge < -0.3 is 9.84 Å². The summed E-state index contributed by atoms with van der Waals surface area (Å²) >= 11 is 6.32. The van der Waals surface area contributed by atoms with Crippen LogP contribution in [0.3, 0.4) is 0 Å². The van der Waals surface area contributed by atoms with Gasteiger partial charge in [-0.15, -0.1) is 0 Å². The predicted octanol–water partition coefficient (Wildman–Crippen LogP) is 3.87. The second-order valence-corrected chi connectivity index (χ2v) is 4.99. The van der Waals surface area contributed by atoms with Crippen LogP contribution in [0.15, 0.2) is 21.1 Å². The number of esters is 1. The first-order valence-electron chi connectivity index (χ1n) is 4.91. The number of aromatic hydroxyl groups is 1. The van der Waals surface area contributed by atoms with E-state index in [1.165, 1.54) is 12.1 Å². The summed E-state index contributed by atoms with van der Waals surface area (Å²) in [5, 5.41) is 9.48. The Bertz CT molecular complexity index is 368. The number of hydrogen-bond donors (Lipinski definition) is 1. The fraction of sp³-hybridized carbons (Fsp3) is 0.364. The predicted molar refractivity (Wildman–Crippen MR) is 68.7 cm³/mol. The molecule has 0 aliphatic carbocycles. The topological polar surface area (TPSA) is 46.5 Å². The molecule has 0 unspecified atom stereocenters. The lowest BCUT2D eigenvalue weighted by atomic mass is 10.2. The van der Waals surface area contributed by atoms with E-state index in [9.17, 15) is 9.90 Å². The molecular formula is C11H12Br2O3. The van der Waals surface area contributed by atoms with E-state index in [-0.39, 0.29) is 11.7 Å². The van der Waals surface area contributed by atoms with Gasteiger partial charge in [0.1, 0.15) is 5.75 Å². The third kappa shape index (κ3) is 3.49. The number of phenols is 1. The molecule has 0 atom stereocenters. The van der Waals surface area contributed by atoms with Crippen molar-refractivity contribution in [3.05, 3.63) is 26.6 Å². The maximum Gasteiger partial charge on any atom is 0.338 e. The van der Waals surface area contributed by atoms with Crippen molar-refractivity contribution in [3.8, 4) is 5.75 Å². The first-order chi connectivity index (χ1) is 7.56. The maximum atomic E-state index is 11.6. The van der Waals surface area contributed by atoms with E-state index < -0.39 is 0 Å². The Balaban J connectivity index is 2.76. The molecule has 0 bridgehead atoms. The minimum Gasteiger partial charge on any atom is -0.506 e. The van der Waals surface area contributed by atoms with E-state index in [0.717, 1.165) is 12.8 Å². The molecule has 0 radical (unpaired) electrons. The van der Waals surface area contributed by atoms with Gasteiger partial charge in [-0.1, -0.05) is 13.3 Å². The van der Waals surface area contributed by atoms with Crippen molar-refractivity contribution in [1.29, 1.82) is 0 Å². The highest BCUT2D eigenvalue weighted by Crippen LogP contribution is 2.33. The minimum absolute atomic E-state index is 0.0742. The van der Waals surface area contributed by atoms with Gasteiger partial charge in [0, 0.05) is 0 Å². The molecule has 0 fully saturated rings. The Morgan fingerprint density at radius 3 is 2.44 bits per heavy atom. The van der Waals surface area contributed by atoms with E-state index in [1.807, 2.05) is 6.92 Å². The first-order valence-corrected chi connectivity index (χ1v) is 6.50. The van der Waals surface area contributed by atoms with Crippen molar-refractivity contribution >= 4 is 37.8 Å². The number of halogens is 2. The van der Waals surface area contributed by atoms with E-state index in [0.29, 0.717) is 21.1 Å². The van der Waals surface area contributed by atoms with Gasteiger partial charge in [0.25, 0.3) is 0 Å². The number of phenolic OH excluding ortho intramolecular Hbond substituents is 1. The minimum atomic E-state index is -0.380. The lowest BCUT2D eigenvalue weighted by molar-refractivity contribution is 0.0499. The number of benzene rings is 1. The van der Waals surface area contributed by atoms with Gasteiger partial charge in [-0.05, 0) is 50.4 Å². The van der Waals surface area contributed by atoms with E-state index >= 15 is 0 Å². The molecule has 0 saturated carbocycles. The molecule has 5 heteroatoms. The highest BCUT2D eigenvalue weighted by molar-refractivity contribution is 9.11. The molecule has 1 rings (SSSR count). The number of unbranched alkanes of at least 4 members (excludes halogenated alkanes) is 1. The van der Waals surface area contributed by atoms with Crippen LogP contribution in [-0.2, 0) is 4.74 Å². The van der Waals surface area contributed by atoms with Gasteiger partial charge in [0.15, 0.2) is 0 Å². The number of ether oxygens (including phenoxy) is 1. The second kappa shape index (κ2) is 6.25. The van der Waals surface area contributed by atoms with Gasteiger partial charge in [0.2, 0.25) is 0 Å². The number of hydrogen-bond acceptors (Lipinski definition) is 3. The standard InChI is InChI=1S/C11H12Br2O3/c1-2-3-4-16-11(15)7-5-8(12)10(14)9(13)6-7/h5-6,14H,2-4H2,1H3. The van der Waals surface area contributed by atoms with Crippen LogP contribution in [0.1, 0.15) is 30.1 Å². The quantitative estimate of drug-likeness (QED) is 0.661. The van der Waals surface area contributed by atoms with Crippen molar-refractivity contribution in [2.45, 2.75) is 19.8 Å². The first kappa shape index (κ1) is 13.5. The lowest BCUT2D eigenvalue weighted by Gasteiger charge is -2.06.